The molecule has 0 aliphatic carbocycles. The summed E-state index contributed by atoms with van der Waals surface area (Å²) in [6.07, 6.45) is 1.96. The molecule has 0 amide bonds. The second-order valence-corrected chi connectivity index (χ2v) is 3.59. The van der Waals surface area contributed by atoms with Gasteiger partial charge in [0, 0.05) is 4.90 Å². The number of ether oxygens (including phenoxy) is 2. The summed E-state index contributed by atoms with van der Waals surface area (Å²) < 4.78 is 10.1. The minimum absolute atomic E-state index is 0.0363. The van der Waals surface area contributed by atoms with E-state index in [0.717, 1.165) is 10.6 Å². The van der Waals surface area contributed by atoms with Crippen molar-refractivity contribution in [3.8, 4) is 5.75 Å². The van der Waals surface area contributed by atoms with Crippen molar-refractivity contribution in [1.82, 2.24) is 0 Å². The SMILES string of the molecule is CCOC(=O)COc1ccccc1SC. The number of esters is 1. The number of benzene rings is 1. The fourth-order valence-corrected chi connectivity index (χ4v) is 1.62. The lowest BCUT2D eigenvalue weighted by molar-refractivity contribution is -0.145. The maximum Gasteiger partial charge on any atom is 0.344 e. The van der Waals surface area contributed by atoms with Gasteiger partial charge in [-0.3, -0.25) is 0 Å². The maximum atomic E-state index is 11.1. The molecule has 82 valence electrons. The van der Waals surface area contributed by atoms with Crippen molar-refractivity contribution in [2.24, 2.45) is 0 Å². The van der Waals surface area contributed by atoms with Gasteiger partial charge in [-0.05, 0) is 25.3 Å². The monoisotopic (exact) mass is 226 g/mol. The van der Waals surface area contributed by atoms with E-state index in [9.17, 15) is 4.79 Å². The zero-order chi connectivity index (χ0) is 11.1. The van der Waals surface area contributed by atoms with E-state index in [1.54, 1.807) is 18.7 Å². The van der Waals surface area contributed by atoms with Gasteiger partial charge >= 0.3 is 5.97 Å². The molecular formula is C11H14O3S. The molecule has 0 N–H and O–H groups in total. The Bertz CT molecular complexity index is 325. The minimum atomic E-state index is -0.339. The molecule has 0 aliphatic rings. The zero-order valence-electron chi connectivity index (χ0n) is 8.86. The van der Waals surface area contributed by atoms with Gasteiger partial charge in [-0.2, -0.15) is 0 Å². The van der Waals surface area contributed by atoms with Crippen LogP contribution in [0.2, 0.25) is 0 Å². The second-order valence-electron chi connectivity index (χ2n) is 2.74. The molecule has 0 aliphatic heterocycles. The third-order valence-electron chi connectivity index (χ3n) is 1.72. The molecule has 0 atom stereocenters. The number of para-hydroxylation sites is 1. The summed E-state index contributed by atoms with van der Waals surface area (Å²) in [6.45, 7) is 2.12. The standard InChI is InChI=1S/C11H14O3S/c1-3-13-11(12)8-14-9-6-4-5-7-10(9)15-2/h4-7H,3,8H2,1-2H3. The van der Waals surface area contributed by atoms with Crippen molar-refractivity contribution in [3.05, 3.63) is 24.3 Å². The molecule has 1 aromatic carbocycles. The van der Waals surface area contributed by atoms with Crippen LogP contribution in [0.1, 0.15) is 6.92 Å². The van der Waals surface area contributed by atoms with Crippen LogP contribution < -0.4 is 4.74 Å². The van der Waals surface area contributed by atoms with Crippen molar-refractivity contribution in [3.63, 3.8) is 0 Å². The normalized spacial score (nSPS) is 9.73. The first-order chi connectivity index (χ1) is 7.27. The van der Waals surface area contributed by atoms with Crippen LogP contribution in [0.15, 0.2) is 29.2 Å². The highest BCUT2D eigenvalue weighted by atomic mass is 32.2. The molecular weight excluding hydrogens is 212 g/mol. The highest BCUT2D eigenvalue weighted by Gasteiger charge is 2.05. The lowest BCUT2D eigenvalue weighted by atomic mass is 10.3. The number of carbonyl (C=O) groups is 1. The van der Waals surface area contributed by atoms with Crippen LogP contribution in [0.25, 0.3) is 0 Å². The predicted octanol–water partition coefficient (Wildman–Crippen LogP) is 2.35. The lowest BCUT2D eigenvalue weighted by Crippen LogP contribution is -2.14. The molecule has 0 saturated heterocycles. The highest BCUT2D eigenvalue weighted by Crippen LogP contribution is 2.26. The van der Waals surface area contributed by atoms with Gasteiger partial charge in [-0.15, -0.1) is 11.8 Å². The average molecular weight is 226 g/mol. The van der Waals surface area contributed by atoms with Crippen LogP contribution >= 0.6 is 11.8 Å². The first-order valence-corrected chi connectivity index (χ1v) is 5.91. The van der Waals surface area contributed by atoms with Gasteiger partial charge in [0.1, 0.15) is 5.75 Å². The summed E-state index contributed by atoms with van der Waals surface area (Å²) in [4.78, 5) is 12.1. The van der Waals surface area contributed by atoms with E-state index in [1.165, 1.54) is 0 Å². The largest absolute Gasteiger partial charge is 0.481 e. The summed E-state index contributed by atoms with van der Waals surface area (Å²) in [5.41, 5.74) is 0. The number of rotatable bonds is 5. The lowest BCUT2D eigenvalue weighted by Gasteiger charge is -2.08. The Kier molecular flexibility index (Phi) is 5.04. The summed E-state index contributed by atoms with van der Waals surface area (Å²) in [7, 11) is 0. The quantitative estimate of drug-likeness (QED) is 0.570. The molecule has 0 saturated carbocycles. The van der Waals surface area contributed by atoms with Gasteiger partial charge in [-0.1, -0.05) is 12.1 Å². The molecule has 3 nitrogen and oxygen atoms in total. The van der Waals surface area contributed by atoms with E-state index in [4.69, 9.17) is 9.47 Å². The Labute approximate surface area is 93.8 Å². The Hall–Kier alpha value is -1.16. The number of carbonyl (C=O) groups excluding carboxylic acids is 1. The molecule has 0 aromatic heterocycles. The van der Waals surface area contributed by atoms with Crippen molar-refractivity contribution < 1.29 is 14.3 Å². The van der Waals surface area contributed by atoms with Gasteiger partial charge in [0.2, 0.25) is 0 Å². The smallest absolute Gasteiger partial charge is 0.344 e. The Morgan fingerprint density at radius 1 is 1.40 bits per heavy atom. The molecule has 0 unspecified atom stereocenters. The van der Waals surface area contributed by atoms with Crippen molar-refractivity contribution in [2.45, 2.75) is 11.8 Å². The van der Waals surface area contributed by atoms with Gasteiger partial charge in [-0.25, -0.2) is 4.79 Å². The summed E-state index contributed by atoms with van der Waals surface area (Å²) >= 11 is 1.58. The molecule has 1 aromatic rings. The third kappa shape index (κ3) is 3.83. The predicted molar refractivity (Wildman–Crippen MR) is 60.4 cm³/mol. The van der Waals surface area contributed by atoms with Gasteiger partial charge in [0.15, 0.2) is 6.61 Å². The number of hydrogen-bond donors (Lipinski definition) is 0. The molecule has 15 heavy (non-hydrogen) atoms. The zero-order valence-corrected chi connectivity index (χ0v) is 9.67. The summed E-state index contributed by atoms with van der Waals surface area (Å²) in [6, 6.07) is 7.60. The van der Waals surface area contributed by atoms with Crippen LogP contribution in [0.4, 0.5) is 0 Å². The van der Waals surface area contributed by atoms with Crippen LogP contribution in [-0.2, 0) is 9.53 Å². The number of thioether (sulfide) groups is 1. The van der Waals surface area contributed by atoms with Crippen molar-refractivity contribution in [2.75, 3.05) is 19.5 Å². The molecule has 4 heteroatoms. The van der Waals surface area contributed by atoms with Crippen LogP contribution in [0.5, 0.6) is 5.75 Å². The van der Waals surface area contributed by atoms with E-state index in [1.807, 2.05) is 30.5 Å². The third-order valence-corrected chi connectivity index (χ3v) is 2.50. The molecule has 0 radical (unpaired) electrons. The topological polar surface area (TPSA) is 35.5 Å². The fraction of sp³-hybridized carbons (Fsp3) is 0.364. The van der Waals surface area contributed by atoms with E-state index in [0.29, 0.717) is 6.61 Å². The van der Waals surface area contributed by atoms with E-state index in [2.05, 4.69) is 0 Å². The Morgan fingerprint density at radius 2 is 2.13 bits per heavy atom. The van der Waals surface area contributed by atoms with Crippen molar-refractivity contribution in [1.29, 1.82) is 0 Å². The minimum Gasteiger partial charge on any atom is -0.481 e. The van der Waals surface area contributed by atoms with Gasteiger partial charge in [0.05, 0.1) is 6.61 Å². The molecule has 1 rings (SSSR count). The fourth-order valence-electron chi connectivity index (χ4n) is 1.08. The van der Waals surface area contributed by atoms with Crippen LogP contribution in [-0.4, -0.2) is 25.4 Å². The maximum absolute atomic E-state index is 11.1. The average Bonchev–Trinajstić information content (AvgIpc) is 2.27. The molecule has 0 fully saturated rings. The summed E-state index contributed by atoms with van der Waals surface area (Å²) in [5.74, 6) is 0.381. The highest BCUT2D eigenvalue weighted by molar-refractivity contribution is 7.98. The van der Waals surface area contributed by atoms with Crippen LogP contribution in [0.3, 0.4) is 0 Å². The second kappa shape index (κ2) is 6.35. The van der Waals surface area contributed by atoms with E-state index in [-0.39, 0.29) is 12.6 Å². The summed E-state index contributed by atoms with van der Waals surface area (Å²) in [5, 5.41) is 0. The molecule has 0 bridgehead atoms. The van der Waals surface area contributed by atoms with E-state index >= 15 is 0 Å². The molecule has 0 heterocycles. The van der Waals surface area contributed by atoms with E-state index < -0.39 is 0 Å². The van der Waals surface area contributed by atoms with Crippen LogP contribution in [0, 0.1) is 0 Å². The van der Waals surface area contributed by atoms with Crippen molar-refractivity contribution >= 4 is 17.7 Å². The number of hydrogen-bond acceptors (Lipinski definition) is 4. The Morgan fingerprint density at radius 3 is 2.80 bits per heavy atom. The first-order valence-electron chi connectivity index (χ1n) is 4.69. The van der Waals surface area contributed by atoms with Gasteiger partial charge in [0.25, 0.3) is 0 Å². The molecule has 0 spiro atoms. The first kappa shape index (κ1) is 11.9. The Balaban J connectivity index is 2.53. The van der Waals surface area contributed by atoms with Gasteiger partial charge < -0.3 is 9.47 Å².